The van der Waals surface area contributed by atoms with E-state index in [1.54, 1.807) is 0 Å². The van der Waals surface area contributed by atoms with Gasteiger partial charge in [-0.05, 0) is 12.1 Å². The molecule has 1 amide bonds. The summed E-state index contributed by atoms with van der Waals surface area (Å²) in [4.78, 5) is 10.9. The van der Waals surface area contributed by atoms with E-state index in [-0.39, 0.29) is 12.0 Å². The van der Waals surface area contributed by atoms with Crippen molar-refractivity contribution in [2.45, 2.75) is 13.0 Å². The minimum absolute atomic E-state index is 0.0912. The largest absolute Gasteiger partial charge is 0.488 e. The first-order valence-corrected chi connectivity index (χ1v) is 4.96. The molecule has 1 heterocycles. The van der Waals surface area contributed by atoms with E-state index in [0.717, 1.165) is 0 Å². The Balaban J connectivity index is 2.10. The van der Waals surface area contributed by atoms with Crippen LogP contribution in [0.1, 0.15) is 6.92 Å². The van der Waals surface area contributed by atoms with E-state index in [2.05, 4.69) is 5.32 Å². The second-order valence-corrected chi connectivity index (χ2v) is 3.59. The molecule has 2 rings (SSSR count). The van der Waals surface area contributed by atoms with Gasteiger partial charge in [-0.15, -0.1) is 0 Å². The van der Waals surface area contributed by atoms with Crippen molar-refractivity contribution in [3.8, 4) is 5.75 Å². The first-order valence-electron chi connectivity index (χ1n) is 4.96. The third kappa shape index (κ3) is 2.93. The van der Waals surface area contributed by atoms with Crippen molar-refractivity contribution in [3.05, 3.63) is 24.0 Å². The minimum Gasteiger partial charge on any atom is -0.488 e. The molecule has 0 bridgehead atoms. The lowest BCUT2D eigenvalue weighted by atomic mass is 10.3. The fourth-order valence-electron chi connectivity index (χ4n) is 1.26. The number of rotatable bonds is 4. The van der Waals surface area contributed by atoms with Crippen molar-refractivity contribution in [1.82, 2.24) is 0 Å². The normalized spacial score (nSPS) is 18.0. The van der Waals surface area contributed by atoms with Crippen LogP contribution in [0.25, 0.3) is 0 Å². The molecule has 1 aliphatic heterocycles. The molecular formula is C11H12FNO3. The van der Waals surface area contributed by atoms with Gasteiger partial charge in [0.25, 0.3) is 0 Å². The van der Waals surface area contributed by atoms with Gasteiger partial charge in [0, 0.05) is 13.0 Å². The Morgan fingerprint density at radius 2 is 2.44 bits per heavy atom. The molecular weight excluding hydrogens is 213 g/mol. The van der Waals surface area contributed by atoms with E-state index in [1.807, 2.05) is 0 Å². The summed E-state index contributed by atoms with van der Waals surface area (Å²) in [6, 6.07) is 3.99. The molecule has 1 fully saturated rings. The highest BCUT2D eigenvalue weighted by Crippen LogP contribution is 2.26. The van der Waals surface area contributed by atoms with Crippen LogP contribution in [-0.4, -0.2) is 25.2 Å². The van der Waals surface area contributed by atoms with Gasteiger partial charge in [0.05, 0.1) is 12.3 Å². The zero-order valence-electron chi connectivity index (χ0n) is 8.83. The zero-order valence-corrected chi connectivity index (χ0v) is 8.83. The van der Waals surface area contributed by atoms with Crippen LogP contribution in [0.5, 0.6) is 5.75 Å². The molecule has 1 atom stereocenters. The Bertz CT molecular complexity index is 404. The van der Waals surface area contributed by atoms with Gasteiger partial charge in [-0.3, -0.25) is 4.79 Å². The lowest BCUT2D eigenvalue weighted by molar-refractivity contribution is -0.114. The predicted octanol–water partition coefficient (Wildman–Crippen LogP) is 1.56. The van der Waals surface area contributed by atoms with E-state index in [0.29, 0.717) is 24.7 Å². The Morgan fingerprint density at radius 1 is 1.69 bits per heavy atom. The highest BCUT2D eigenvalue weighted by atomic mass is 19.1. The first-order chi connectivity index (χ1) is 7.65. The van der Waals surface area contributed by atoms with Crippen LogP contribution in [0.2, 0.25) is 0 Å². The molecule has 0 aromatic heterocycles. The number of carbonyl (C=O) groups excluding carboxylic acids is 1. The Labute approximate surface area is 92.4 Å². The molecule has 1 unspecified atom stereocenters. The van der Waals surface area contributed by atoms with Crippen LogP contribution >= 0.6 is 0 Å². The van der Waals surface area contributed by atoms with Crippen molar-refractivity contribution in [2.75, 3.05) is 18.5 Å². The van der Waals surface area contributed by atoms with Crippen LogP contribution in [0.4, 0.5) is 10.1 Å². The lowest BCUT2D eigenvalue weighted by Crippen LogP contribution is -2.10. The Morgan fingerprint density at radius 3 is 3.06 bits per heavy atom. The molecule has 16 heavy (non-hydrogen) atoms. The summed E-state index contributed by atoms with van der Waals surface area (Å²) < 4.78 is 23.3. The molecule has 0 radical (unpaired) electrons. The van der Waals surface area contributed by atoms with E-state index in [9.17, 15) is 9.18 Å². The van der Waals surface area contributed by atoms with Crippen LogP contribution in [0.3, 0.4) is 0 Å². The van der Waals surface area contributed by atoms with E-state index < -0.39 is 5.82 Å². The van der Waals surface area contributed by atoms with Crippen LogP contribution in [-0.2, 0) is 9.53 Å². The number of hydrogen-bond donors (Lipinski definition) is 1. The van der Waals surface area contributed by atoms with Gasteiger partial charge in [-0.2, -0.15) is 0 Å². The summed E-state index contributed by atoms with van der Waals surface area (Å²) in [5, 5.41) is 2.57. The summed E-state index contributed by atoms with van der Waals surface area (Å²) >= 11 is 0. The van der Waals surface area contributed by atoms with Gasteiger partial charge in [-0.1, -0.05) is 0 Å². The number of benzene rings is 1. The van der Waals surface area contributed by atoms with Crippen molar-refractivity contribution in [3.63, 3.8) is 0 Å². The van der Waals surface area contributed by atoms with Crippen molar-refractivity contribution in [1.29, 1.82) is 0 Å². The molecule has 4 nitrogen and oxygen atoms in total. The Kier molecular flexibility index (Phi) is 3.05. The van der Waals surface area contributed by atoms with Crippen LogP contribution in [0.15, 0.2) is 18.2 Å². The molecule has 1 aliphatic rings. The van der Waals surface area contributed by atoms with Crippen molar-refractivity contribution < 1.29 is 18.7 Å². The van der Waals surface area contributed by atoms with Gasteiger partial charge in [0.15, 0.2) is 0 Å². The third-order valence-electron chi connectivity index (χ3n) is 2.08. The molecule has 1 saturated heterocycles. The van der Waals surface area contributed by atoms with Gasteiger partial charge in [0.2, 0.25) is 5.91 Å². The van der Waals surface area contributed by atoms with E-state index in [1.165, 1.54) is 25.1 Å². The number of halogens is 1. The quantitative estimate of drug-likeness (QED) is 0.791. The van der Waals surface area contributed by atoms with Crippen molar-refractivity contribution >= 4 is 11.6 Å². The molecule has 1 aromatic rings. The fourth-order valence-corrected chi connectivity index (χ4v) is 1.26. The smallest absolute Gasteiger partial charge is 0.221 e. The standard InChI is InChI=1S/C11H12FNO3/c1-7(14)13-10-3-2-8(12)4-11(10)16-6-9-5-15-9/h2-4,9H,5-6H2,1H3,(H,13,14). The maximum atomic E-state index is 13.0. The topological polar surface area (TPSA) is 50.9 Å². The summed E-state index contributed by atoms with van der Waals surface area (Å²) in [6.07, 6.45) is 0.0912. The number of anilines is 1. The summed E-state index contributed by atoms with van der Waals surface area (Å²) in [7, 11) is 0. The molecule has 86 valence electrons. The van der Waals surface area contributed by atoms with Gasteiger partial charge in [-0.25, -0.2) is 4.39 Å². The second-order valence-electron chi connectivity index (χ2n) is 3.59. The maximum absolute atomic E-state index is 13.0. The first kappa shape index (κ1) is 10.9. The average molecular weight is 225 g/mol. The van der Waals surface area contributed by atoms with Gasteiger partial charge in [0.1, 0.15) is 24.3 Å². The van der Waals surface area contributed by atoms with E-state index in [4.69, 9.17) is 9.47 Å². The summed E-state index contributed by atoms with van der Waals surface area (Å²) in [5.41, 5.74) is 0.467. The maximum Gasteiger partial charge on any atom is 0.221 e. The summed E-state index contributed by atoms with van der Waals surface area (Å²) in [5.74, 6) is -0.300. The van der Waals surface area contributed by atoms with Gasteiger partial charge >= 0.3 is 0 Å². The predicted molar refractivity (Wildman–Crippen MR) is 55.9 cm³/mol. The van der Waals surface area contributed by atoms with Crippen LogP contribution in [0, 0.1) is 5.82 Å². The lowest BCUT2D eigenvalue weighted by Gasteiger charge is -2.10. The number of carbonyl (C=O) groups is 1. The SMILES string of the molecule is CC(=O)Nc1ccc(F)cc1OCC1CO1. The van der Waals surface area contributed by atoms with Crippen molar-refractivity contribution in [2.24, 2.45) is 0 Å². The number of ether oxygens (including phenoxy) is 2. The highest BCUT2D eigenvalue weighted by molar-refractivity contribution is 5.90. The fraction of sp³-hybridized carbons (Fsp3) is 0.364. The molecule has 0 saturated carbocycles. The number of amides is 1. The Hall–Kier alpha value is -1.62. The van der Waals surface area contributed by atoms with E-state index >= 15 is 0 Å². The highest BCUT2D eigenvalue weighted by Gasteiger charge is 2.23. The third-order valence-corrected chi connectivity index (χ3v) is 2.08. The average Bonchev–Trinajstić information content (AvgIpc) is 3.01. The number of hydrogen-bond acceptors (Lipinski definition) is 3. The molecule has 0 spiro atoms. The monoisotopic (exact) mass is 225 g/mol. The molecule has 1 aromatic carbocycles. The second kappa shape index (κ2) is 4.49. The molecule has 1 N–H and O–H groups in total. The number of nitrogens with one attached hydrogen (secondary N) is 1. The van der Waals surface area contributed by atoms with Crippen LogP contribution < -0.4 is 10.1 Å². The zero-order chi connectivity index (χ0) is 11.5. The molecule has 5 heteroatoms. The molecule has 0 aliphatic carbocycles. The minimum atomic E-state index is -0.402. The number of epoxide rings is 1. The van der Waals surface area contributed by atoms with Gasteiger partial charge < -0.3 is 14.8 Å². The summed E-state index contributed by atoms with van der Waals surface area (Å²) in [6.45, 7) is 2.43.